The van der Waals surface area contributed by atoms with E-state index in [4.69, 9.17) is 9.47 Å². The Balaban J connectivity index is 1.58. The molecule has 3 rings (SSSR count). The van der Waals surface area contributed by atoms with Crippen LogP contribution in [0.1, 0.15) is 45.6 Å². The number of fused-ring (bicyclic) bond motifs is 2. The predicted octanol–water partition coefficient (Wildman–Crippen LogP) is 4.65. The molecule has 0 aliphatic heterocycles. The molecule has 2 saturated carbocycles. The Morgan fingerprint density at radius 1 is 1.30 bits per heavy atom. The van der Waals surface area contributed by atoms with Crippen LogP contribution in [0.3, 0.4) is 0 Å². The van der Waals surface area contributed by atoms with Crippen LogP contribution in [0.2, 0.25) is 0 Å². The van der Waals surface area contributed by atoms with Gasteiger partial charge in [0.1, 0.15) is 0 Å². The maximum absolute atomic E-state index is 9.61. The lowest BCUT2D eigenvalue weighted by molar-refractivity contribution is -0.0350. The van der Waals surface area contributed by atoms with Gasteiger partial charge in [0.15, 0.2) is 11.5 Å². The van der Waals surface area contributed by atoms with Gasteiger partial charge in [-0.1, -0.05) is 39.0 Å². The van der Waals surface area contributed by atoms with E-state index in [2.05, 4.69) is 20.8 Å². The Morgan fingerprint density at radius 3 is 2.70 bits per heavy atom. The first-order chi connectivity index (χ1) is 10.9. The van der Waals surface area contributed by atoms with Crippen LogP contribution < -0.4 is 4.74 Å². The zero-order valence-electron chi connectivity index (χ0n) is 14.6. The SMILES string of the molecule is COc1cc(/C=C/CO[C@H]2C[C@H]3CC[C@]2(C)C3(C)C)ccc1O. The number of phenols is 1. The quantitative estimate of drug-likeness (QED) is 0.859. The lowest BCUT2D eigenvalue weighted by atomic mass is 9.70. The molecule has 126 valence electrons. The van der Waals surface area contributed by atoms with Gasteiger partial charge in [-0.2, -0.15) is 0 Å². The maximum atomic E-state index is 9.61. The molecule has 0 amide bonds. The zero-order chi connectivity index (χ0) is 16.7. The number of ether oxygens (including phenoxy) is 2. The van der Waals surface area contributed by atoms with Crippen LogP contribution in [0.25, 0.3) is 6.08 Å². The maximum Gasteiger partial charge on any atom is 0.161 e. The van der Waals surface area contributed by atoms with E-state index >= 15 is 0 Å². The van der Waals surface area contributed by atoms with Crippen molar-refractivity contribution in [3.05, 3.63) is 29.8 Å². The zero-order valence-corrected chi connectivity index (χ0v) is 14.6. The van der Waals surface area contributed by atoms with Gasteiger partial charge >= 0.3 is 0 Å². The van der Waals surface area contributed by atoms with E-state index in [0.717, 1.165) is 11.5 Å². The molecular weight excluding hydrogens is 288 g/mol. The second-order valence-corrected chi connectivity index (χ2v) is 7.77. The van der Waals surface area contributed by atoms with Crippen LogP contribution in [0, 0.1) is 16.7 Å². The minimum atomic E-state index is 0.165. The standard InChI is InChI=1S/C20H28O3/c1-19(2)15-9-10-20(19,3)18(13-15)23-11-5-6-14-7-8-16(21)17(12-14)22-4/h5-8,12,15,18,21H,9-11,13H2,1-4H3/b6-5+/t15-,18+,20+/m1/s1. The molecule has 0 heterocycles. The first-order valence-corrected chi connectivity index (χ1v) is 8.53. The molecule has 0 aromatic heterocycles. The molecule has 0 unspecified atom stereocenters. The van der Waals surface area contributed by atoms with E-state index in [1.807, 2.05) is 24.3 Å². The van der Waals surface area contributed by atoms with Crippen molar-refractivity contribution in [3.63, 3.8) is 0 Å². The van der Waals surface area contributed by atoms with Gasteiger partial charge in [-0.15, -0.1) is 0 Å². The number of hydrogen-bond acceptors (Lipinski definition) is 3. The lowest BCUT2D eigenvalue weighted by Crippen LogP contribution is -2.37. The highest BCUT2D eigenvalue weighted by molar-refractivity contribution is 5.55. The Kier molecular flexibility index (Phi) is 4.18. The second kappa shape index (κ2) is 5.86. The van der Waals surface area contributed by atoms with Crippen molar-refractivity contribution in [2.45, 2.75) is 46.1 Å². The summed E-state index contributed by atoms with van der Waals surface area (Å²) in [4.78, 5) is 0. The third-order valence-electron chi connectivity index (χ3n) is 6.62. The molecule has 0 saturated heterocycles. The predicted molar refractivity (Wildman–Crippen MR) is 92.7 cm³/mol. The number of benzene rings is 1. The Bertz CT molecular complexity index is 605. The molecule has 3 nitrogen and oxygen atoms in total. The summed E-state index contributed by atoms with van der Waals surface area (Å²) < 4.78 is 11.3. The highest BCUT2D eigenvalue weighted by atomic mass is 16.5. The molecule has 2 bridgehead atoms. The Morgan fingerprint density at radius 2 is 2.09 bits per heavy atom. The van der Waals surface area contributed by atoms with E-state index in [-0.39, 0.29) is 5.75 Å². The van der Waals surface area contributed by atoms with Gasteiger partial charge < -0.3 is 14.6 Å². The average Bonchev–Trinajstić information content (AvgIpc) is 2.86. The molecule has 23 heavy (non-hydrogen) atoms. The van der Waals surface area contributed by atoms with Crippen LogP contribution in [0.15, 0.2) is 24.3 Å². The summed E-state index contributed by atoms with van der Waals surface area (Å²) in [5, 5.41) is 9.61. The van der Waals surface area contributed by atoms with Crippen LogP contribution in [-0.4, -0.2) is 24.9 Å². The number of hydrogen-bond donors (Lipinski definition) is 1. The Hall–Kier alpha value is -1.48. The Labute approximate surface area is 139 Å². The van der Waals surface area contributed by atoms with Crippen molar-refractivity contribution in [1.82, 2.24) is 0 Å². The van der Waals surface area contributed by atoms with Gasteiger partial charge in [-0.25, -0.2) is 0 Å². The lowest BCUT2D eigenvalue weighted by Gasteiger charge is -2.38. The van der Waals surface area contributed by atoms with Crippen LogP contribution in [-0.2, 0) is 4.74 Å². The fraction of sp³-hybridized carbons (Fsp3) is 0.600. The number of rotatable bonds is 5. The first kappa shape index (κ1) is 16.4. The summed E-state index contributed by atoms with van der Waals surface area (Å²) in [6.45, 7) is 7.85. The van der Waals surface area contributed by atoms with Crippen molar-refractivity contribution in [2.75, 3.05) is 13.7 Å². The summed E-state index contributed by atoms with van der Waals surface area (Å²) in [5.41, 5.74) is 1.71. The largest absolute Gasteiger partial charge is 0.504 e. The fourth-order valence-electron chi connectivity index (χ4n) is 4.54. The molecule has 2 aliphatic carbocycles. The van der Waals surface area contributed by atoms with Crippen molar-refractivity contribution < 1.29 is 14.6 Å². The smallest absolute Gasteiger partial charge is 0.161 e. The minimum Gasteiger partial charge on any atom is -0.504 e. The highest BCUT2D eigenvalue weighted by Gasteiger charge is 2.61. The fourth-order valence-corrected chi connectivity index (χ4v) is 4.54. The molecule has 2 fully saturated rings. The van der Waals surface area contributed by atoms with Gasteiger partial charge in [0.05, 0.1) is 19.8 Å². The number of aromatic hydroxyl groups is 1. The molecule has 0 radical (unpaired) electrons. The number of methoxy groups -OCH3 is 1. The summed E-state index contributed by atoms with van der Waals surface area (Å²) >= 11 is 0. The van der Waals surface area contributed by atoms with Gasteiger partial charge in [0.25, 0.3) is 0 Å². The van der Waals surface area contributed by atoms with E-state index in [0.29, 0.717) is 29.3 Å². The molecule has 1 N–H and O–H groups in total. The minimum absolute atomic E-state index is 0.165. The van der Waals surface area contributed by atoms with Crippen molar-refractivity contribution in [2.24, 2.45) is 16.7 Å². The molecule has 1 aromatic rings. The monoisotopic (exact) mass is 316 g/mol. The molecule has 0 spiro atoms. The van der Waals surface area contributed by atoms with Crippen LogP contribution in [0.5, 0.6) is 11.5 Å². The van der Waals surface area contributed by atoms with E-state index in [9.17, 15) is 5.11 Å². The molecule has 3 heteroatoms. The first-order valence-electron chi connectivity index (χ1n) is 8.53. The van der Waals surface area contributed by atoms with E-state index in [1.165, 1.54) is 19.3 Å². The van der Waals surface area contributed by atoms with Crippen molar-refractivity contribution in [1.29, 1.82) is 0 Å². The summed E-state index contributed by atoms with van der Waals surface area (Å²) in [6.07, 6.45) is 8.28. The molecule has 1 aromatic carbocycles. The van der Waals surface area contributed by atoms with Gasteiger partial charge in [0, 0.05) is 0 Å². The third kappa shape index (κ3) is 2.65. The van der Waals surface area contributed by atoms with Crippen molar-refractivity contribution in [3.8, 4) is 11.5 Å². The topological polar surface area (TPSA) is 38.7 Å². The summed E-state index contributed by atoms with van der Waals surface area (Å²) in [5.74, 6) is 1.47. The average molecular weight is 316 g/mol. The van der Waals surface area contributed by atoms with E-state index in [1.54, 1.807) is 13.2 Å². The summed E-state index contributed by atoms with van der Waals surface area (Å²) in [7, 11) is 1.56. The number of phenolic OH excluding ortho intramolecular Hbond substituents is 1. The highest BCUT2D eigenvalue weighted by Crippen LogP contribution is 2.66. The van der Waals surface area contributed by atoms with Gasteiger partial charge in [-0.3, -0.25) is 0 Å². The van der Waals surface area contributed by atoms with Gasteiger partial charge in [-0.05, 0) is 53.7 Å². The van der Waals surface area contributed by atoms with Crippen LogP contribution >= 0.6 is 0 Å². The van der Waals surface area contributed by atoms with Gasteiger partial charge in [0.2, 0.25) is 0 Å². The molecular formula is C20H28O3. The molecule has 2 aliphatic rings. The van der Waals surface area contributed by atoms with Crippen LogP contribution in [0.4, 0.5) is 0 Å². The second-order valence-electron chi connectivity index (χ2n) is 7.77. The summed E-state index contributed by atoms with van der Waals surface area (Å²) in [6, 6.07) is 5.35. The normalized spacial score (nSPS) is 31.8. The van der Waals surface area contributed by atoms with E-state index < -0.39 is 0 Å². The molecule has 3 atom stereocenters. The third-order valence-corrected chi connectivity index (χ3v) is 6.62. The van der Waals surface area contributed by atoms with Crippen molar-refractivity contribution >= 4 is 6.08 Å².